The Balaban J connectivity index is 1.58. The van der Waals surface area contributed by atoms with Crippen LogP contribution in [0.1, 0.15) is 30.2 Å². The number of hydrogen-bond donors (Lipinski definition) is 2. The molecule has 10 heteroatoms. The Bertz CT molecular complexity index is 1340. The summed E-state index contributed by atoms with van der Waals surface area (Å²) >= 11 is 0. The number of nitrogens with one attached hydrogen (secondary N) is 2. The first-order valence-corrected chi connectivity index (χ1v) is 11.3. The van der Waals surface area contributed by atoms with E-state index in [0.29, 0.717) is 51.0 Å². The highest BCUT2D eigenvalue weighted by atomic mass is 19.4. The minimum atomic E-state index is -4.40. The molecule has 0 bridgehead atoms. The molecular formula is C25H25F3N4O3. The van der Waals surface area contributed by atoms with Crippen molar-refractivity contribution in [3.63, 3.8) is 0 Å². The molecule has 35 heavy (non-hydrogen) atoms. The van der Waals surface area contributed by atoms with Crippen molar-refractivity contribution in [1.82, 2.24) is 20.5 Å². The fourth-order valence-electron chi connectivity index (χ4n) is 4.58. The van der Waals surface area contributed by atoms with E-state index in [-0.39, 0.29) is 11.5 Å². The molecule has 0 spiro atoms. The van der Waals surface area contributed by atoms with Gasteiger partial charge in [0.25, 0.3) is 0 Å². The average Bonchev–Trinajstić information content (AvgIpc) is 3.48. The SMILES string of the molecule is COc1ccc(-c2[nH]c3ccc(-c4nnc(C5CCCNC5)o4)cc3c2CC(F)(F)F)cc1OC. The van der Waals surface area contributed by atoms with Gasteiger partial charge in [0.15, 0.2) is 11.5 Å². The first-order chi connectivity index (χ1) is 16.9. The van der Waals surface area contributed by atoms with E-state index in [2.05, 4.69) is 20.5 Å². The van der Waals surface area contributed by atoms with Gasteiger partial charge in [0.05, 0.1) is 26.3 Å². The Morgan fingerprint density at radius 2 is 1.83 bits per heavy atom. The van der Waals surface area contributed by atoms with Crippen molar-refractivity contribution >= 4 is 10.9 Å². The van der Waals surface area contributed by atoms with Gasteiger partial charge in [-0.1, -0.05) is 0 Å². The maximum Gasteiger partial charge on any atom is 0.393 e. The third-order valence-corrected chi connectivity index (χ3v) is 6.29. The van der Waals surface area contributed by atoms with E-state index < -0.39 is 12.6 Å². The Morgan fingerprint density at radius 1 is 1.03 bits per heavy atom. The van der Waals surface area contributed by atoms with Crippen LogP contribution in [0, 0.1) is 0 Å². The van der Waals surface area contributed by atoms with Crippen LogP contribution in [-0.4, -0.2) is 48.7 Å². The molecule has 5 rings (SSSR count). The second kappa shape index (κ2) is 9.26. The monoisotopic (exact) mass is 486 g/mol. The zero-order valence-electron chi connectivity index (χ0n) is 19.3. The van der Waals surface area contributed by atoms with Crippen molar-refractivity contribution < 1.29 is 27.1 Å². The number of aromatic amines is 1. The lowest BCUT2D eigenvalue weighted by Crippen LogP contribution is -2.28. The lowest BCUT2D eigenvalue weighted by molar-refractivity contribution is -0.126. The van der Waals surface area contributed by atoms with Crippen LogP contribution in [0.15, 0.2) is 40.8 Å². The normalized spacial score (nSPS) is 16.5. The van der Waals surface area contributed by atoms with E-state index in [1.807, 2.05) is 0 Å². The molecule has 1 atom stereocenters. The van der Waals surface area contributed by atoms with Gasteiger partial charge in [0.1, 0.15) is 0 Å². The highest BCUT2D eigenvalue weighted by Gasteiger charge is 2.32. The lowest BCUT2D eigenvalue weighted by Gasteiger charge is -2.18. The van der Waals surface area contributed by atoms with Gasteiger partial charge in [0.2, 0.25) is 11.8 Å². The molecule has 1 unspecified atom stereocenters. The standard InChI is InChI=1S/C25H25F3N4O3/c1-33-20-8-6-14(11-21(20)34-2)22-18(12-25(26,27)28)17-10-15(5-7-19(17)30-22)23-31-32-24(35-23)16-4-3-9-29-13-16/h5-8,10-11,16,29-30H,3-4,9,12-13H2,1-2H3. The van der Waals surface area contributed by atoms with Crippen LogP contribution in [0.2, 0.25) is 0 Å². The van der Waals surface area contributed by atoms with Crippen molar-refractivity contribution in [2.24, 2.45) is 0 Å². The number of piperidine rings is 1. The number of methoxy groups -OCH3 is 2. The summed E-state index contributed by atoms with van der Waals surface area (Å²) in [6.45, 7) is 1.73. The van der Waals surface area contributed by atoms with Crippen LogP contribution in [-0.2, 0) is 6.42 Å². The Hall–Kier alpha value is -3.53. The molecule has 1 aliphatic rings. The molecular weight excluding hydrogens is 461 g/mol. The summed E-state index contributed by atoms with van der Waals surface area (Å²) < 4.78 is 57.4. The molecule has 3 heterocycles. The highest BCUT2D eigenvalue weighted by Crippen LogP contribution is 2.39. The smallest absolute Gasteiger partial charge is 0.393 e. The highest BCUT2D eigenvalue weighted by molar-refractivity contribution is 5.93. The molecule has 0 amide bonds. The van der Waals surface area contributed by atoms with Gasteiger partial charge in [-0.05, 0) is 61.3 Å². The molecule has 0 aliphatic carbocycles. The van der Waals surface area contributed by atoms with E-state index in [1.165, 1.54) is 14.2 Å². The molecule has 7 nitrogen and oxygen atoms in total. The van der Waals surface area contributed by atoms with Crippen LogP contribution < -0.4 is 14.8 Å². The molecule has 1 saturated heterocycles. The summed E-state index contributed by atoms with van der Waals surface area (Å²) in [6.07, 6.45) is -3.52. The zero-order valence-corrected chi connectivity index (χ0v) is 19.3. The minimum absolute atomic E-state index is 0.137. The van der Waals surface area contributed by atoms with Crippen LogP contribution in [0.5, 0.6) is 11.5 Å². The summed E-state index contributed by atoms with van der Waals surface area (Å²) in [7, 11) is 2.99. The van der Waals surface area contributed by atoms with E-state index in [0.717, 1.165) is 25.9 Å². The summed E-state index contributed by atoms with van der Waals surface area (Å²) in [5.74, 6) is 1.89. The number of benzene rings is 2. The predicted octanol–water partition coefficient (Wildman–Crippen LogP) is 5.47. The predicted molar refractivity (Wildman–Crippen MR) is 125 cm³/mol. The van der Waals surface area contributed by atoms with Gasteiger partial charge < -0.3 is 24.2 Å². The van der Waals surface area contributed by atoms with Gasteiger partial charge >= 0.3 is 6.18 Å². The number of alkyl halides is 3. The summed E-state index contributed by atoms with van der Waals surface area (Å²) in [6, 6.07) is 10.2. The summed E-state index contributed by atoms with van der Waals surface area (Å²) in [4.78, 5) is 3.16. The third kappa shape index (κ3) is 4.70. The quantitative estimate of drug-likeness (QED) is 0.376. The molecule has 4 aromatic rings. The van der Waals surface area contributed by atoms with E-state index in [1.54, 1.807) is 36.4 Å². The number of H-pyrrole nitrogens is 1. The van der Waals surface area contributed by atoms with Gasteiger partial charge in [-0.15, -0.1) is 10.2 Å². The number of fused-ring (bicyclic) bond motifs is 1. The van der Waals surface area contributed by atoms with Gasteiger partial charge in [0, 0.05) is 34.5 Å². The molecule has 2 aromatic heterocycles. The lowest BCUT2D eigenvalue weighted by atomic mass is 10.00. The fourth-order valence-corrected chi connectivity index (χ4v) is 4.58. The maximum atomic E-state index is 13.6. The average molecular weight is 486 g/mol. The molecule has 0 radical (unpaired) electrons. The van der Waals surface area contributed by atoms with Gasteiger partial charge in [-0.25, -0.2) is 0 Å². The Labute approximate surface area is 199 Å². The zero-order chi connectivity index (χ0) is 24.6. The molecule has 2 aromatic carbocycles. The fraction of sp³-hybridized carbons (Fsp3) is 0.360. The maximum absolute atomic E-state index is 13.6. The number of ether oxygens (including phenoxy) is 2. The molecule has 1 aliphatic heterocycles. The van der Waals surface area contributed by atoms with Crippen LogP contribution in [0.3, 0.4) is 0 Å². The van der Waals surface area contributed by atoms with Gasteiger partial charge in [-0.3, -0.25) is 0 Å². The van der Waals surface area contributed by atoms with Crippen molar-refractivity contribution in [1.29, 1.82) is 0 Å². The van der Waals surface area contributed by atoms with E-state index >= 15 is 0 Å². The Kier molecular flexibility index (Phi) is 6.14. The number of hydrogen-bond acceptors (Lipinski definition) is 6. The molecule has 1 fully saturated rings. The number of rotatable bonds is 6. The van der Waals surface area contributed by atoms with E-state index in [9.17, 15) is 13.2 Å². The first kappa shape index (κ1) is 23.2. The molecule has 0 saturated carbocycles. The molecule has 184 valence electrons. The third-order valence-electron chi connectivity index (χ3n) is 6.29. The molecule has 2 N–H and O–H groups in total. The van der Waals surface area contributed by atoms with Gasteiger partial charge in [-0.2, -0.15) is 13.2 Å². The number of aromatic nitrogens is 3. The topological polar surface area (TPSA) is 85.2 Å². The van der Waals surface area contributed by atoms with Crippen molar-refractivity contribution in [3.8, 4) is 34.2 Å². The number of halogens is 3. The minimum Gasteiger partial charge on any atom is -0.493 e. The van der Waals surface area contributed by atoms with Crippen LogP contribution >= 0.6 is 0 Å². The second-order valence-electron chi connectivity index (χ2n) is 8.59. The Morgan fingerprint density at radius 3 is 2.54 bits per heavy atom. The summed E-state index contributed by atoms with van der Waals surface area (Å²) in [5.41, 5.74) is 2.22. The largest absolute Gasteiger partial charge is 0.493 e. The number of nitrogens with zero attached hydrogens (tertiary/aromatic N) is 2. The second-order valence-corrected chi connectivity index (χ2v) is 8.59. The first-order valence-electron chi connectivity index (χ1n) is 11.3. The van der Waals surface area contributed by atoms with Crippen molar-refractivity contribution in [2.75, 3.05) is 27.3 Å². The van der Waals surface area contributed by atoms with E-state index in [4.69, 9.17) is 13.9 Å². The summed E-state index contributed by atoms with van der Waals surface area (Å²) in [5, 5.41) is 12.1. The van der Waals surface area contributed by atoms with Crippen LogP contribution in [0.4, 0.5) is 13.2 Å². The van der Waals surface area contributed by atoms with Crippen molar-refractivity contribution in [2.45, 2.75) is 31.4 Å². The van der Waals surface area contributed by atoms with Crippen molar-refractivity contribution in [3.05, 3.63) is 47.9 Å². The van der Waals surface area contributed by atoms with Crippen LogP contribution in [0.25, 0.3) is 33.6 Å².